The number of aromatic amines is 1. The third kappa shape index (κ3) is 3.14. The number of fused-ring (bicyclic) bond motifs is 1. The van der Waals surface area contributed by atoms with Crippen molar-refractivity contribution in [3.63, 3.8) is 0 Å². The lowest BCUT2D eigenvalue weighted by Crippen LogP contribution is -2.35. The number of esters is 1. The summed E-state index contributed by atoms with van der Waals surface area (Å²) in [6.07, 6.45) is -1.22. The van der Waals surface area contributed by atoms with Crippen LogP contribution in [0.3, 0.4) is 0 Å². The molecule has 4 rings (SSSR count). The molecule has 0 bridgehead atoms. The molecule has 0 aliphatic carbocycles. The van der Waals surface area contributed by atoms with Gasteiger partial charge in [0.15, 0.2) is 17.6 Å². The molecule has 0 saturated heterocycles. The Hall–Kier alpha value is -4.01. The standard InChI is InChI=1S/C22H20N2O7/c1-11(12-7-5-4-6-8-12)24-20(26)16(19(25)23-22(24)28)17-13-9-10-14(29-2)18(30-3)15(13)21(27)31-17/h4-11,17,26H,1-3H3,(H,23,25,28)/t11-,17+/m0/s1. The van der Waals surface area contributed by atoms with Crippen molar-refractivity contribution >= 4 is 5.97 Å². The van der Waals surface area contributed by atoms with Gasteiger partial charge in [0.25, 0.3) is 5.56 Å². The van der Waals surface area contributed by atoms with Crippen LogP contribution in [0.1, 0.15) is 46.1 Å². The maximum Gasteiger partial charge on any atom is 0.343 e. The number of rotatable bonds is 5. The van der Waals surface area contributed by atoms with Crippen molar-refractivity contribution in [3.8, 4) is 17.4 Å². The maximum absolute atomic E-state index is 12.7. The molecule has 9 heteroatoms. The number of hydrogen-bond acceptors (Lipinski definition) is 7. The molecule has 2 heterocycles. The summed E-state index contributed by atoms with van der Waals surface area (Å²) in [4.78, 5) is 40.0. The summed E-state index contributed by atoms with van der Waals surface area (Å²) in [5.74, 6) is -0.831. The highest BCUT2D eigenvalue weighted by Gasteiger charge is 2.40. The van der Waals surface area contributed by atoms with Gasteiger partial charge in [-0.25, -0.2) is 9.59 Å². The molecular weight excluding hydrogens is 404 g/mol. The predicted octanol–water partition coefficient (Wildman–Crippen LogP) is 2.13. The number of carbonyl (C=O) groups excluding carboxylic acids is 1. The van der Waals surface area contributed by atoms with Gasteiger partial charge in [-0.05, 0) is 18.6 Å². The number of H-pyrrole nitrogens is 1. The van der Waals surface area contributed by atoms with Gasteiger partial charge in [-0.2, -0.15) is 0 Å². The fourth-order valence-corrected chi connectivity index (χ4v) is 3.84. The Balaban J connectivity index is 1.91. The average molecular weight is 424 g/mol. The zero-order valence-electron chi connectivity index (χ0n) is 17.0. The number of aromatic hydroxyl groups is 1. The lowest BCUT2D eigenvalue weighted by Gasteiger charge is -2.20. The summed E-state index contributed by atoms with van der Waals surface area (Å²) in [5, 5.41) is 11.0. The van der Waals surface area contributed by atoms with E-state index in [-0.39, 0.29) is 16.9 Å². The summed E-state index contributed by atoms with van der Waals surface area (Å²) in [7, 11) is 2.81. The fourth-order valence-electron chi connectivity index (χ4n) is 3.84. The van der Waals surface area contributed by atoms with Crippen LogP contribution in [0.4, 0.5) is 0 Å². The van der Waals surface area contributed by atoms with Gasteiger partial charge in [-0.1, -0.05) is 36.4 Å². The lowest BCUT2D eigenvalue weighted by atomic mass is 9.99. The average Bonchev–Trinajstić information content (AvgIpc) is 3.09. The zero-order valence-corrected chi connectivity index (χ0v) is 17.0. The van der Waals surface area contributed by atoms with Crippen LogP contribution >= 0.6 is 0 Å². The SMILES string of the molecule is COc1ccc2c(c1OC)C(=O)O[C@H]2c1c(O)n([C@@H](C)c2ccccc2)c(=O)[nH]c1=O. The van der Waals surface area contributed by atoms with Crippen LogP contribution in [0.2, 0.25) is 0 Å². The molecule has 2 N–H and O–H groups in total. The first-order valence-corrected chi connectivity index (χ1v) is 9.47. The molecule has 9 nitrogen and oxygen atoms in total. The Kier molecular flexibility index (Phi) is 5.02. The van der Waals surface area contributed by atoms with Crippen LogP contribution in [0.15, 0.2) is 52.1 Å². The third-order valence-corrected chi connectivity index (χ3v) is 5.37. The first kappa shape index (κ1) is 20.3. The number of hydrogen-bond donors (Lipinski definition) is 2. The van der Waals surface area contributed by atoms with E-state index in [4.69, 9.17) is 14.2 Å². The quantitative estimate of drug-likeness (QED) is 0.602. The number of benzene rings is 2. The molecule has 3 aromatic rings. The minimum Gasteiger partial charge on any atom is -0.494 e. The van der Waals surface area contributed by atoms with Crippen molar-refractivity contribution < 1.29 is 24.1 Å². The number of carbonyl (C=O) groups is 1. The molecule has 0 fully saturated rings. The molecular formula is C22H20N2O7. The van der Waals surface area contributed by atoms with E-state index in [0.29, 0.717) is 11.3 Å². The smallest absolute Gasteiger partial charge is 0.343 e. The Morgan fingerprint density at radius 2 is 1.77 bits per heavy atom. The van der Waals surface area contributed by atoms with Crippen molar-refractivity contribution in [2.45, 2.75) is 19.1 Å². The van der Waals surface area contributed by atoms with Gasteiger partial charge in [-0.15, -0.1) is 0 Å². The summed E-state index contributed by atoms with van der Waals surface area (Å²) in [6.45, 7) is 1.71. The number of nitrogens with one attached hydrogen (secondary N) is 1. The van der Waals surface area contributed by atoms with Crippen molar-refractivity contribution in [2.75, 3.05) is 14.2 Å². The Morgan fingerprint density at radius 1 is 1.06 bits per heavy atom. The molecule has 0 amide bonds. The van der Waals surface area contributed by atoms with Crippen LogP contribution in [-0.2, 0) is 4.74 Å². The molecule has 1 aromatic heterocycles. The highest BCUT2D eigenvalue weighted by Crippen LogP contribution is 2.45. The van der Waals surface area contributed by atoms with Crippen LogP contribution in [0.25, 0.3) is 0 Å². The number of cyclic esters (lactones) is 1. The van der Waals surface area contributed by atoms with Gasteiger partial charge in [0.05, 0.1) is 20.3 Å². The van der Waals surface area contributed by atoms with E-state index in [1.54, 1.807) is 43.3 Å². The molecule has 1 aliphatic heterocycles. The predicted molar refractivity (Wildman–Crippen MR) is 110 cm³/mol. The number of ether oxygens (including phenoxy) is 3. The van der Waals surface area contributed by atoms with Gasteiger partial charge in [0.1, 0.15) is 11.1 Å². The summed E-state index contributed by atoms with van der Waals surface area (Å²) in [5.41, 5.74) is -0.714. The van der Waals surface area contributed by atoms with Gasteiger partial charge in [0, 0.05) is 5.56 Å². The van der Waals surface area contributed by atoms with E-state index >= 15 is 0 Å². The van der Waals surface area contributed by atoms with Crippen molar-refractivity contribution in [2.24, 2.45) is 0 Å². The van der Waals surface area contributed by atoms with Crippen LogP contribution in [-0.4, -0.2) is 34.8 Å². The van der Waals surface area contributed by atoms with Crippen molar-refractivity contribution in [1.29, 1.82) is 0 Å². The molecule has 160 valence electrons. The second kappa shape index (κ2) is 7.67. The van der Waals surface area contributed by atoms with Crippen LogP contribution < -0.4 is 20.7 Å². The molecule has 1 aliphatic rings. The first-order valence-electron chi connectivity index (χ1n) is 9.47. The highest BCUT2D eigenvalue weighted by molar-refractivity contribution is 5.98. The number of methoxy groups -OCH3 is 2. The largest absolute Gasteiger partial charge is 0.494 e. The van der Waals surface area contributed by atoms with Crippen molar-refractivity contribution in [1.82, 2.24) is 9.55 Å². The van der Waals surface area contributed by atoms with Crippen LogP contribution in [0.5, 0.6) is 17.4 Å². The molecule has 2 atom stereocenters. The van der Waals surface area contributed by atoms with E-state index < -0.39 is 35.2 Å². The third-order valence-electron chi connectivity index (χ3n) is 5.37. The van der Waals surface area contributed by atoms with Gasteiger partial charge >= 0.3 is 11.7 Å². The Bertz CT molecular complexity index is 1280. The molecule has 31 heavy (non-hydrogen) atoms. The van der Waals surface area contributed by atoms with E-state index in [2.05, 4.69) is 4.98 Å². The fraction of sp³-hybridized carbons (Fsp3) is 0.227. The minimum atomic E-state index is -1.22. The Morgan fingerprint density at radius 3 is 2.42 bits per heavy atom. The van der Waals surface area contributed by atoms with Gasteiger partial charge in [0.2, 0.25) is 5.88 Å². The van der Waals surface area contributed by atoms with E-state index in [0.717, 1.165) is 10.1 Å². The number of aromatic nitrogens is 2. The zero-order chi connectivity index (χ0) is 22.3. The summed E-state index contributed by atoms with van der Waals surface area (Å²) in [6, 6.07) is 11.6. The highest BCUT2D eigenvalue weighted by atomic mass is 16.6. The second-order valence-electron chi connectivity index (χ2n) is 7.00. The monoisotopic (exact) mass is 424 g/mol. The second-order valence-corrected chi connectivity index (χ2v) is 7.00. The topological polar surface area (TPSA) is 120 Å². The molecule has 0 saturated carbocycles. The molecule has 2 aromatic carbocycles. The van der Waals surface area contributed by atoms with E-state index in [9.17, 15) is 19.5 Å². The summed E-state index contributed by atoms with van der Waals surface area (Å²) < 4.78 is 17.0. The Labute approximate surface area is 176 Å². The van der Waals surface area contributed by atoms with Gasteiger partial charge < -0.3 is 19.3 Å². The van der Waals surface area contributed by atoms with E-state index in [1.165, 1.54) is 14.2 Å². The molecule has 0 spiro atoms. The first-order chi connectivity index (χ1) is 14.9. The van der Waals surface area contributed by atoms with Crippen molar-refractivity contribution in [3.05, 3.63) is 85.6 Å². The normalized spacial score (nSPS) is 15.8. The number of nitrogens with zero attached hydrogens (tertiary/aromatic N) is 1. The maximum atomic E-state index is 12.7. The molecule has 0 unspecified atom stereocenters. The van der Waals surface area contributed by atoms with Crippen LogP contribution in [0, 0.1) is 0 Å². The lowest BCUT2D eigenvalue weighted by molar-refractivity contribution is 0.0446. The summed E-state index contributed by atoms with van der Waals surface area (Å²) >= 11 is 0. The van der Waals surface area contributed by atoms with E-state index in [1.807, 2.05) is 6.07 Å². The molecule has 0 radical (unpaired) electrons. The van der Waals surface area contributed by atoms with Gasteiger partial charge in [-0.3, -0.25) is 14.3 Å². The minimum absolute atomic E-state index is 0.0968.